The molecule has 2 unspecified atom stereocenters. The molecule has 0 saturated carbocycles. The maximum absolute atomic E-state index is 6.32. The van der Waals surface area contributed by atoms with Gasteiger partial charge >= 0.3 is 0 Å². The number of hydrogen-bond donors (Lipinski definition) is 1. The third-order valence-electron chi connectivity index (χ3n) is 3.69. The number of benzene rings is 1. The summed E-state index contributed by atoms with van der Waals surface area (Å²) < 4.78 is 16.3. The molecule has 0 spiro atoms. The summed E-state index contributed by atoms with van der Waals surface area (Å²) in [6, 6.07) is 2.09. The summed E-state index contributed by atoms with van der Waals surface area (Å²) in [6.07, 6.45) is 2.92. The van der Waals surface area contributed by atoms with E-state index in [2.05, 4.69) is 6.92 Å². The van der Waals surface area contributed by atoms with Crippen LogP contribution in [0.2, 0.25) is 5.02 Å². The van der Waals surface area contributed by atoms with Gasteiger partial charge in [-0.3, -0.25) is 0 Å². The van der Waals surface area contributed by atoms with Crippen molar-refractivity contribution >= 4 is 11.6 Å². The van der Waals surface area contributed by atoms with Crippen LogP contribution in [0.3, 0.4) is 0 Å². The van der Waals surface area contributed by atoms with E-state index >= 15 is 0 Å². The molecular weight excluding hydrogens is 290 g/mol. The molecule has 0 radical (unpaired) electrons. The zero-order chi connectivity index (χ0) is 16.0. The Morgan fingerprint density at radius 1 is 1.05 bits per heavy atom. The summed E-state index contributed by atoms with van der Waals surface area (Å²) in [7, 11) is 4.78. The predicted molar refractivity (Wildman–Crippen MR) is 87.0 cm³/mol. The molecule has 1 aromatic rings. The van der Waals surface area contributed by atoms with Crippen LogP contribution < -0.4 is 19.9 Å². The van der Waals surface area contributed by atoms with Crippen molar-refractivity contribution in [1.29, 1.82) is 0 Å². The zero-order valence-corrected chi connectivity index (χ0v) is 14.3. The van der Waals surface area contributed by atoms with E-state index in [1.807, 2.05) is 13.0 Å². The molecule has 2 atom stereocenters. The van der Waals surface area contributed by atoms with E-state index in [9.17, 15) is 0 Å². The topological polar surface area (TPSA) is 53.7 Å². The number of halogens is 1. The molecule has 0 saturated heterocycles. The second-order valence-electron chi connectivity index (χ2n) is 5.21. The van der Waals surface area contributed by atoms with Crippen LogP contribution in [0.1, 0.15) is 44.6 Å². The fourth-order valence-electron chi connectivity index (χ4n) is 2.54. The Labute approximate surface area is 132 Å². The minimum absolute atomic E-state index is 0.181. The van der Waals surface area contributed by atoms with Crippen LogP contribution in [0.4, 0.5) is 0 Å². The molecule has 0 fully saturated rings. The maximum Gasteiger partial charge on any atom is 0.205 e. The van der Waals surface area contributed by atoms with Crippen LogP contribution in [-0.4, -0.2) is 27.4 Å². The van der Waals surface area contributed by atoms with Gasteiger partial charge in [0.15, 0.2) is 11.5 Å². The maximum atomic E-state index is 6.32. The SMILES string of the molecule is CCC(CCC(C)N)c1cc(Cl)c(OC)c(OC)c1OC. The van der Waals surface area contributed by atoms with Gasteiger partial charge in [-0.05, 0) is 38.2 Å². The van der Waals surface area contributed by atoms with Gasteiger partial charge in [-0.1, -0.05) is 18.5 Å². The van der Waals surface area contributed by atoms with Crippen molar-refractivity contribution in [3.8, 4) is 17.2 Å². The Kier molecular flexibility index (Phi) is 7.12. The number of ether oxygens (including phenoxy) is 3. The van der Waals surface area contributed by atoms with Crippen LogP contribution in [0, 0.1) is 0 Å². The number of rotatable bonds is 8. The minimum Gasteiger partial charge on any atom is -0.492 e. The summed E-state index contributed by atoms with van der Waals surface area (Å²) in [6.45, 7) is 4.17. The normalized spacial score (nSPS) is 13.7. The lowest BCUT2D eigenvalue weighted by molar-refractivity contribution is 0.319. The van der Waals surface area contributed by atoms with Gasteiger partial charge in [-0.2, -0.15) is 0 Å². The highest BCUT2D eigenvalue weighted by atomic mass is 35.5. The Bertz CT molecular complexity index is 463. The second kappa shape index (κ2) is 8.35. The minimum atomic E-state index is 0.181. The first kappa shape index (κ1) is 17.9. The Hall–Kier alpha value is -1.13. The van der Waals surface area contributed by atoms with Crippen molar-refractivity contribution in [3.63, 3.8) is 0 Å². The van der Waals surface area contributed by atoms with Crippen LogP contribution in [0.5, 0.6) is 17.2 Å². The van der Waals surface area contributed by atoms with Crippen molar-refractivity contribution in [2.24, 2.45) is 5.73 Å². The molecule has 21 heavy (non-hydrogen) atoms. The standard InChI is InChI=1S/C16H26ClNO3/c1-6-11(8-7-10(2)18)12-9-13(17)15(20-4)16(21-5)14(12)19-3/h9-11H,6-8,18H2,1-5H3. The van der Waals surface area contributed by atoms with Gasteiger partial charge in [0.2, 0.25) is 5.75 Å². The Balaban J connectivity index is 3.29. The molecule has 2 N–H and O–H groups in total. The molecular formula is C16H26ClNO3. The Morgan fingerprint density at radius 2 is 1.62 bits per heavy atom. The molecule has 0 heterocycles. The number of hydrogen-bond acceptors (Lipinski definition) is 4. The molecule has 0 aromatic heterocycles. The van der Waals surface area contributed by atoms with Crippen molar-refractivity contribution in [3.05, 3.63) is 16.7 Å². The van der Waals surface area contributed by atoms with Gasteiger partial charge in [0, 0.05) is 11.6 Å². The van der Waals surface area contributed by atoms with Crippen LogP contribution >= 0.6 is 11.6 Å². The number of methoxy groups -OCH3 is 3. The Morgan fingerprint density at radius 3 is 2.05 bits per heavy atom. The summed E-state index contributed by atoms with van der Waals surface area (Å²) in [4.78, 5) is 0. The van der Waals surface area contributed by atoms with E-state index in [-0.39, 0.29) is 6.04 Å². The van der Waals surface area contributed by atoms with Crippen LogP contribution in [-0.2, 0) is 0 Å². The van der Waals surface area contributed by atoms with E-state index < -0.39 is 0 Å². The van der Waals surface area contributed by atoms with Gasteiger partial charge in [-0.25, -0.2) is 0 Å². The fraction of sp³-hybridized carbons (Fsp3) is 0.625. The summed E-state index contributed by atoms with van der Waals surface area (Å²) in [5.74, 6) is 2.06. The molecule has 1 aromatic carbocycles. The molecule has 4 nitrogen and oxygen atoms in total. The highest BCUT2D eigenvalue weighted by Gasteiger charge is 2.24. The zero-order valence-electron chi connectivity index (χ0n) is 13.5. The van der Waals surface area contributed by atoms with E-state index in [1.54, 1.807) is 21.3 Å². The molecule has 5 heteroatoms. The van der Waals surface area contributed by atoms with Crippen molar-refractivity contribution < 1.29 is 14.2 Å². The summed E-state index contributed by atoms with van der Waals surface area (Å²) >= 11 is 6.32. The second-order valence-corrected chi connectivity index (χ2v) is 5.61. The quantitative estimate of drug-likeness (QED) is 0.788. The van der Waals surface area contributed by atoms with Gasteiger partial charge in [0.05, 0.1) is 26.4 Å². The summed E-state index contributed by atoms with van der Waals surface area (Å²) in [5.41, 5.74) is 6.92. The highest BCUT2D eigenvalue weighted by Crippen LogP contribution is 2.48. The van der Waals surface area contributed by atoms with Gasteiger partial charge in [-0.15, -0.1) is 0 Å². The first-order valence-electron chi connectivity index (χ1n) is 7.23. The third-order valence-corrected chi connectivity index (χ3v) is 3.97. The first-order valence-corrected chi connectivity index (χ1v) is 7.61. The fourth-order valence-corrected chi connectivity index (χ4v) is 2.82. The average Bonchev–Trinajstić information content (AvgIpc) is 2.46. The molecule has 0 aliphatic heterocycles. The van der Waals surface area contributed by atoms with Gasteiger partial charge in [0.25, 0.3) is 0 Å². The summed E-state index contributed by atoms with van der Waals surface area (Å²) in [5, 5.41) is 0.532. The van der Waals surface area contributed by atoms with Crippen molar-refractivity contribution in [2.45, 2.75) is 45.1 Å². The smallest absolute Gasteiger partial charge is 0.205 e. The average molecular weight is 316 g/mol. The molecule has 1 rings (SSSR count). The lowest BCUT2D eigenvalue weighted by atomic mass is 9.89. The first-order chi connectivity index (χ1) is 9.99. The van der Waals surface area contributed by atoms with Crippen molar-refractivity contribution in [1.82, 2.24) is 0 Å². The van der Waals surface area contributed by atoms with Crippen LogP contribution in [0.25, 0.3) is 0 Å². The lowest BCUT2D eigenvalue weighted by Crippen LogP contribution is -2.16. The highest BCUT2D eigenvalue weighted by molar-refractivity contribution is 6.32. The largest absolute Gasteiger partial charge is 0.492 e. The van der Waals surface area contributed by atoms with E-state index in [1.165, 1.54) is 0 Å². The molecule has 120 valence electrons. The monoisotopic (exact) mass is 315 g/mol. The van der Waals surface area contributed by atoms with E-state index in [4.69, 9.17) is 31.5 Å². The van der Waals surface area contributed by atoms with Crippen molar-refractivity contribution in [2.75, 3.05) is 21.3 Å². The van der Waals surface area contributed by atoms with Crippen LogP contribution in [0.15, 0.2) is 6.07 Å². The molecule has 0 aliphatic carbocycles. The van der Waals surface area contributed by atoms with Gasteiger partial charge in [0.1, 0.15) is 0 Å². The molecule has 0 aliphatic rings. The lowest BCUT2D eigenvalue weighted by Gasteiger charge is -2.23. The predicted octanol–water partition coefficient (Wildman–Crippen LogP) is 3.99. The van der Waals surface area contributed by atoms with Gasteiger partial charge < -0.3 is 19.9 Å². The van der Waals surface area contributed by atoms with E-state index in [0.717, 1.165) is 24.8 Å². The number of nitrogens with two attached hydrogens (primary N) is 1. The third kappa shape index (κ3) is 4.17. The molecule has 0 bridgehead atoms. The molecule has 0 amide bonds. The van der Waals surface area contributed by atoms with E-state index in [0.29, 0.717) is 28.2 Å².